The summed E-state index contributed by atoms with van der Waals surface area (Å²) in [4.78, 5) is 0. The molecule has 2 N–H and O–H groups in total. The quantitative estimate of drug-likeness (QED) is 0.569. The summed E-state index contributed by atoms with van der Waals surface area (Å²) in [5.41, 5.74) is 0.284. The maximum absolute atomic E-state index is 9.02. The number of nitrogens with one attached hydrogen (secondary N) is 1. The molecule has 12 heavy (non-hydrogen) atoms. The summed E-state index contributed by atoms with van der Waals surface area (Å²) in [6.45, 7) is 4.73. The fraction of sp³-hybridized carbons (Fsp3) is 1.00. The number of hydrogen-bond acceptors (Lipinski definition) is 2. The lowest BCUT2D eigenvalue weighted by molar-refractivity contribution is 0.208. The number of rotatable bonds is 7. The van der Waals surface area contributed by atoms with Crippen molar-refractivity contribution in [3.05, 3.63) is 0 Å². The van der Waals surface area contributed by atoms with Gasteiger partial charge in [-0.1, -0.05) is 19.8 Å². The van der Waals surface area contributed by atoms with Gasteiger partial charge >= 0.3 is 0 Å². The van der Waals surface area contributed by atoms with Crippen molar-refractivity contribution in [3.8, 4) is 0 Å². The fourth-order valence-electron chi connectivity index (χ4n) is 1.42. The van der Waals surface area contributed by atoms with Gasteiger partial charge in [0.1, 0.15) is 0 Å². The molecule has 0 aromatic carbocycles. The molecule has 1 rings (SSSR count). The normalized spacial score (nSPS) is 19.5. The van der Waals surface area contributed by atoms with Gasteiger partial charge in [-0.05, 0) is 25.8 Å². The lowest BCUT2D eigenvalue weighted by Gasteiger charge is -2.11. The molecule has 0 spiro atoms. The van der Waals surface area contributed by atoms with Crippen LogP contribution in [-0.4, -0.2) is 24.8 Å². The van der Waals surface area contributed by atoms with E-state index in [4.69, 9.17) is 5.11 Å². The van der Waals surface area contributed by atoms with Gasteiger partial charge in [0, 0.05) is 18.6 Å². The maximum Gasteiger partial charge on any atom is 0.0499 e. The lowest BCUT2D eigenvalue weighted by Crippen LogP contribution is -2.27. The van der Waals surface area contributed by atoms with Gasteiger partial charge in [-0.25, -0.2) is 0 Å². The summed E-state index contributed by atoms with van der Waals surface area (Å²) in [5.74, 6) is 0. The third kappa shape index (κ3) is 3.11. The van der Waals surface area contributed by atoms with Gasteiger partial charge in [0.2, 0.25) is 0 Å². The largest absolute Gasteiger partial charge is 0.396 e. The monoisotopic (exact) mass is 171 g/mol. The molecule has 1 aliphatic carbocycles. The van der Waals surface area contributed by atoms with Crippen molar-refractivity contribution >= 4 is 0 Å². The van der Waals surface area contributed by atoms with Crippen molar-refractivity contribution in [1.82, 2.24) is 5.32 Å². The smallest absolute Gasteiger partial charge is 0.0499 e. The number of aliphatic hydroxyl groups is 1. The molecule has 0 radical (unpaired) electrons. The van der Waals surface area contributed by atoms with Crippen molar-refractivity contribution < 1.29 is 5.11 Å². The van der Waals surface area contributed by atoms with E-state index in [2.05, 4.69) is 12.2 Å². The highest BCUT2D eigenvalue weighted by atomic mass is 16.3. The Bertz CT molecular complexity index is 121. The molecule has 0 saturated heterocycles. The highest BCUT2D eigenvalue weighted by Gasteiger charge is 2.41. The first kappa shape index (κ1) is 10.0. The molecule has 0 amide bonds. The molecule has 0 unspecified atom stereocenters. The Morgan fingerprint density at radius 2 is 2.08 bits per heavy atom. The summed E-state index contributed by atoms with van der Waals surface area (Å²) in [7, 11) is 0. The van der Waals surface area contributed by atoms with Crippen LogP contribution in [0.15, 0.2) is 0 Å². The van der Waals surface area contributed by atoms with E-state index in [1.54, 1.807) is 0 Å². The zero-order chi connectivity index (χ0) is 8.86. The fourth-order valence-corrected chi connectivity index (χ4v) is 1.42. The highest BCUT2D eigenvalue weighted by molar-refractivity contribution is 4.94. The number of hydrogen-bond donors (Lipinski definition) is 2. The molecule has 2 heteroatoms. The summed E-state index contributed by atoms with van der Waals surface area (Å²) in [5, 5.41) is 12.4. The second kappa shape index (κ2) is 4.83. The maximum atomic E-state index is 9.02. The topological polar surface area (TPSA) is 32.3 Å². The van der Waals surface area contributed by atoms with Crippen LogP contribution in [0, 0.1) is 5.41 Å². The molecule has 1 fully saturated rings. The SMILES string of the molecule is CCCCCNCC1(CO)CC1. The van der Waals surface area contributed by atoms with Gasteiger partial charge < -0.3 is 10.4 Å². The molecule has 1 saturated carbocycles. The van der Waals surface area contributed by atoms with E-state index in [0.717, 1.165) is 13.1 Å². The lowest BCUT2D eigenvalue weighted by atomic mass is 10.1. The van der Waals surface area contributed by atoms with E-state index < -0.39 is 0 Å². The summed E-state index contributed by atoms with van der Waals surface area (Å²) in [6, 6.07) is 0. The van der Waals surface area contributed by atoms with E-state index in [0.29, 0.717) is 6.61 Å². The summed E-state index contributed by atoms with van der Waals surface area (Å²) < 4.78 is 0. The van der Waals surface area contributed by atoms with Gasteiger partial charge in [0.25, 0.3) is 0 Å². The van der Waals surface area contributed by atoms with Crippen LogP contribution in [0.2, 0.25) is 0 Å². The Hall–Kier alpha value is -0.0800. The van der Waals surface area contributed by atoms with E-state index in [1.165, 1.54) is 32.1 Å². The Morgan fingerprint density at radius 1 is 1.33 bits per heavy atom. The predicted molar refractivity (Wildman–Crippen MR) is 51.1 cm³/mol. The minimum absolute atomic E-state index is 0.284. The van der Waals surface area contributed by atoms with E-state index in [1.807, 2.05) is 0 Å². The van der Waals surface area contributed by atoms with Gasteiger partial charge in [-0.2, -0.15) is 0 Å². The third-order valence-corrected chi connectivity index (χ3v) is 2.75. The van der Waals surface area contributed by atoms with Crippen LogP contribution in [0.5, 0.6) is 0 Å². The van der Waals surface area contributed by atoms with Crippen molar-refractivity contribution in [2.45, 2.75) is 39.0 Å². The molecule has 0 aromatic rings. The van der Waals surface area contributed by atoms with E-state index in [9.17, 15) is 0 Å². The zero-order valence-electron chi connectivity index (χ0n) is 8.10. The van der Waals surface area contributed by atoms with Crippen LogP contribution in [0.3, 0.4) is 0 Å². The molecule has 0 bridgehead atoms. The molecular weight excluding hydrogens is 150 g/mol. The Morgan fingerprint density at radius 3 is 2.58 bits per heavy atom. The van der Waals surface area contributed by atoms with Crippen LogP contribution in [-0.2, 0) is 0 Å². The summed E-state index contributed by atoms with van der Waals surface area (Å²) >= 11 is 0. The zero-order valence-corrected chi connectivity index (χ0v) is 8.10. The van der Waals surface area contributed by atoms with Crippen molar-refractivity contribution in [3.63, 3.8) is 0 Å². The average molecular weight is 171 g/mol. The van der Waals surface area contributed by atoms with E-state index in [-0.39, 0.29) is 5.41 Å². The van der Waals surface area contributed by atoms with Crippen LogP contribution < -0.4 is 5.32 Å². The van der Waals surface area contributed by atoms with Gasteiger partial charge in [0.15, 0.2) is 0 Å². The van der Waals surface area contributed by atoms with Crippen LogP contribution >= 0.6 is 0 Å². The van der Waals surface area contributed by atoms with E-state index >= 15 is 0 Å². The van der Waals surface area contributed by atoms with Crippen molar-refractivity contribution in [2.24, 2.45) is 5.41 Å². The molecule has 0 atom stereocenters. The number of aliphatic hydroxyl groups excluding tert-OH is 1. The predicted octanol–water partition coefficient (Wildman–Crippen LogP) is 1.54. The molecule has 2 nitrogen and oxygen atoms in total. The molecular formula is C10H21NO. The third-order valence-electron chi connectivity index (χ3n) is 2.75. The van der Waals surface area contributed by atoms with Gasteiger partial charge in [0.05, 0.1) is 0 Å². The first-order valence-corrected chi connectivity index (χ1v) is 5.14. The van der Waals surface area contributed by atoms with Crippen LogP contribution in [0.25, 0.3) is 0 Å². The Balaban J connectivity index is 1.89. The standard InChI is InChI=1S/C10H21NO/c1-2-3-4-7-11-8-10(9-12)5-6-10/h11-12H,2-9H2,1H3. The summed E-state index contributed by atoms with van der Waals surface area (Å²) in [6.07, 6.45) is 6.30. The van der Waals surface area contributed by atoms with Gasteiger partial charge in [-0.3, -0.25) is 0 Å². The molecule has 0 aromatic heterocycles. The second-order valence-corrected chi connectivity index (χ2v) is 4.04. The molecule has 72 valence electrons. The Kier molecular flexibility index (Phi) is 4.02. The van der Waals surface area contributed by atoms with Crippen LogP contribution in [0.1, 0.15) is 39.0 Å². The number of unbranched alkanes of at least 4 members (excludes halogenated alkanes) is 2. The minimum atomic E-state index is 0.284. The molecule has 0 heterocycles. The minimum Gasteiger partial charge on any atom is -0.396 e. The van der Waals surface area contributed by atoms with Crippen molar-refractivity contribution in [1.29, 1.82) is 0 Å². The first-order chi connectivity index (χ1) is 5.83. The van der Waals surface area contributed by atoms with Crippen LogP contribution in [0.4, 0.5) is 0 Å². The van der Waals surface area contributed by atoms with Gasteiger partial charge in [-0.15, -0.1) is 0 Å². The highest BCUT2D eigenvalue weighted by Crippen LogP contribution is 2.44. The Labute approximate surface area is 75.4 Å². The second-order valence-electron chi connectivity index (χ2n) is 4.04. The molecule has 0 aliphatic heterocycles. The van der Waals surface area contributed by atoms with Crippen molar-refractivity contribution in [2.75, 3.05) is 19.7 Å². The average Bonchev–Trinajstić information content (AvgIpc) is 2.85. The molecule has 1 aliphatic rings. The first-order valence-electron chi connectivity index (χ1n) is 5.14.